The van der Waals surface area contributed by atoms with Gasteiger partial charge >= 0.3 is 0 Å². The maximum atomic E-state index is 3.89. The lowest BCUT2D eigenvalue weighted by atomic mass is 10.1. The molecular formula is C18H37N2. The molecular weight excluding hydrogens is 244 g/mol. The van der Waals surface area contributed by atoms with Crippen LogP contribution in [0.15, 0.2) is 0 Å². The molecule has 0 spiro atoms. The molecule has 0 saturated carbocycles. The van der Waals surface area contributed by atoms with Crippen LogP contribution in [-0.2, 0) is 0 Å². The maximum Gasteiger partial charge on any atom is 0.0110 e. The predicted octanol–water partition coefficient (Wildman–Crippen LogP) is 4.36. The van der Waals surface area contributed by atoms with Gasteiger partial charge in [-0.2, -0.15) is 0 Å². The highest BCUT2D eigenvalue weighted by Gasteiger charge is 2.14. The summed E-state index contributed by atoms with van der Waals surface area (Å²) in [6.45, 7) is 13.9. The van der Waals surface area contributed by atoms with Gasteiger partial charge in [-0.15, -0.1) is 0 Å². The molecule has 1 fully saturated rings. The van der Waals surface area contributed by atoms with E-state index in [9.17, 15) is 0 Å². The minimum absolute atomic E-state index is 1.12. The summed E-state index contributed by atoms with van der Waals surface area (Å²) in [5.74, 6) is 0. The van der Waals surface area contributed by atoms with Crippen molar-refractivity contribution in [2.24, 2.45) is 0 Å². The Kier molecular flexibility index (Phi) is 11.4. The number of unbranched alkanes of at least 4 members (excludes halogenated alkanes) is 9. The Balaban J connectivity index is 1.79. The fourth-order valence-electron chi connectivity index (χ4n) is 3.08. The van der Waals surface area contributed by atoms with Gasteiger partial charge in [0.1, 0.15) is 0 Å². The number of likely N-dealkylation sites (N-methyl/N-ethyl adjacent to an activating group) is 1. The molecule has 0 atom stereocenters. The lowest BCUT2D eigenvalue weighted by Crippen LogP contribution is -2.46. The second kappa shape index (κ2) is 12.6. The highest BCUT2D eigenvalue weighted by atomic mass is 15.3. The Morgan fingerprint density at radius 3 is 1.60 bits per heavy atom. The molecule has 1 aliphatic rings. The molecule has 119 valence electrons. The van der Waals surface area contributed by atoms with Crippen molar-refractivity contribution < 1.29 is 0 Å². The van der Waals surface area contributed by atoms with Crippen molar-refractivity contribution in [3.05, 3.63) is 6.92 Å². The van der Waals surface area contributed by atoms with Gasteiger partial charge in [0.05, 0.1) is 0 Å². The Hall–Kier alpha value is -0.0800. The van der Waals surface area contributed by atoms with Gasteiger partial charge < -0.3 is 9.80 Å². The van der Waals surface area contributed by atoms with E-state index < -0.39 is 0 Å². The summed E-state index contributed by atoms with van der Waals surface area (Å²) < 4.78 is 0. The molecule has 0 aliphatic carbocycles. The summed E-state index contributed by atoms with van der Waals surface area (Å²) in [5.41, 5.74) is 0. The van der Waals surface area contributed by atoms with Crippen molar-refractivity contribution in [1.29, 1.82) is 0 Å². The van der Waals surface area contributed by atoms with Crippen LogP contribution in [0.3, 0.4) is 0 Å². The van der Waals surface area contributed by atoms with E-state index in [1.165, 1.54) is 97.1 Å². The number of piperazine rings is 1. The van der Waals surface area contributed by atoms with Crippen LogP contribution >= 0.6 is 0 Å². The second-order valence-electron chi connectivity index (χ2n) is 6.31. The van der Waals surface area contributed by atoms with Gasteiger partial charge in [-0.25, -0.2) is 0 Å². The average molecular weight is 282 g/mol. The Morgan fingerprint density at radius 1 is 0.650 bits per heavy atom. The minimum atomic E-state index is 1.12. The van der Waals surface area contributed by atoms with Gasteiger partial charge in [0.15, 0.2) is 0 Å². The van der Waals surface area contributed by atoms with E-state index in [1.807, 2.05) is 0 Å². The summed E-state index contributed by atoms with van der Waals surface area (Å²) in [4.78, 5) is 5.22. The molecule has 1 heterocycles. The van der Waals surface area contributed by atoms with Gasteiger partial charge in [0.25, 0.3) is 0 Å². The Labute approximate surface area is 127 Å². The number of nitrogens with zero attached hydrogens (tertiary/aromatic N) is 2. The molecule has 0 aromatic carbocycles. The zero-order chi connectivity index (χ0) is 14.5. The fourth-order valence-corrected chi connectivity index (χ4v) is 3.08. The molecule has 1 radical (unpaired) electrons. The third-order valence-corrected chi connectivity index (χ3v) is 4.64. The Morgan fingerprint density at radius 2 is 1.10 bits per heavy atom. The zero-order valence-electron chi connectivity index (χ0n) is 13.9. The van der Waals surface area contributed by atoms with E-state index in [2.05, 4.69) is 23.6 Å². The average Bonchev–Trinajstić information content (AvgIpc) is 2.50. The lowest BCUT2D eigenvalue weighted by molar-refractivity contribution is 0.135. The molecule has 0 amide bonds. The van der Waals surface area contributed by atoms with E-state index in [0.717, 1.165) is 6.42 Å². The molecule has 0 N–H and O–H groups in total. The molecule has 1 aliphatic heterocycles. The lowest BCUT2D eigenvalue weighted by Gasteiger charge is -2.33. The van der Waals surface area contributed by atoms with E-state index in [0.29, 0.717) is 0 Å². The first-order valence-corrected chi connectivity index (χ1v) is 9.10. The van der Waals surface area contributed by atoms with Crippen molar-refractivity contribution in [3.8, 4) is 0 Å². The molecule has 20 heavy (non-hydrogen) atoms. The zero-order valence-corrected chi connectivity index (χ0v) is 13.9. The van der Waals surface area contributed by atoms with Crippen LogP contribution in [-0.4, -0.2) is 49.1 Å². The van der Waals surface area contributed by atoms with E-state index in [1.54, 1.807) is 0 Å². The normalized spacial score (nSPS) is 17.7. The van der Waals surface area contributed by atoms with Crippen LogP contribution in [0.4, 0.5) is 0 Å². The van der Waals surface area contributed by atoms with Gasteiger partial charge in [0.2, 0.25) is 0 Å². The Bertz CT molecular complexity index is 198. The number of hydrogen-bond donors (Lipinski definition) is 0. The first kappa shape index (κ1) is 18.0. The number of rotatable bonds is 12. The third kappa shape index (κ3) is 8.97. The second-order valence-corrected chi connectivity index (χ2v) is 6.31. The largest absolute Gasteiger partial charge is 0.301 e. The van der Waals surface area contributed by atoms with Gasteiger partial charge in [-0.1, -0.05) is 71.6 Å². The van der Waals surface area contributed by atoms with Crippen molar-refractivity contribution in [3.63, 3.8) is 0 Å². The highest BCUT2D eigenvalue weighted by molar-refractivity contribution is 4.70. The highest BCUT2D eigenvalue weighted by Crippen LogP contribution is 2.11. The standard InChI is InChI=1S/C18H37N2/c1-3-5-6-7-8-9-10-11-12-13-14-20-17-15-19(4-2)16-18-20/h1,3-18H2,2H3. The van der Waals surface area contributed by atoms with E-state index >= 15 is 0 Å². The summed E-state index contributed by atoms with van der Waals surface area (Å²) in [6.07, 6.45) is 13.9. The topological polar surface area (TPSA) is 6.48 Å². The first-order chi connectivity index (χ1) is 9.86. The molecule has 0 bridgehead atoms. The van der Waals surface area contributed by atoms with Crippen LogP contribution in [0, 0.1) is 6.92 Å². The summed E-state index contributed by atoms with van der Waals surface area (Å²) in [7, 11) is 0. The molecule has 0 aromatic rings. The molecule has 2 heteroatoms. The van der Waals surface area contributed by atoms with Crippen LogP contribution in [0.2, 0.25) is 0 Å². The van der Waals surface area contributed by atoms with Crippen molar-refractivity contribution >= 4 is 0 Å². The van der Waals surface area contributed by atoms with Crippen molar-refractivity contribution in [2.45, 2.75) is 71.1 Å². The SMILES string of the molecule is [CH2]CCCCCCCCCCCN1CCN(CC)CC1. The number of hydrogen-bond acceptors (Lipinski definition) is 2. The summed E-state index contributed by atoms with van der Waals surface area (Å²) in [5, 5.41) is 0. The minimum Gasteiger partial charge on any atom is -0.301 e. The monoisotopic (exact) mass is 281 g/mol. The van der Waals surface area contributed by atoms with Gasteiger partial charge in [-0.3, -0.25) is 0 Å². The first-order valence-electron chi connectivity index (χ1n) is 9.10. The molecule has 0 aromatic heterocycles. The van der Waals surface area contributed by atoms with E-state index in [4.69, 9.17) is 0 Å². The van der Waals surface area contributed by atoms with Crippen LogP contribution in [0.25, 0.3) is 0 Å². The van der Waals surface area contributed by atoms with Crippen molar-refractivity contribution in [1.82, 2.24) is 9.80 Å². The molecule has 2 nitrogen and oxygen atoms in total. The quantitative estimate of drug-likeness (QED) is 0.490. The van der Waals surface area contributed by atoms with Gasteiger partial charge in [0, 0.05) is 26.2 Å². The van der Waals surface area contributed by atoms with E-state index in [-0.39, 0.29) is 0 Å². The molecule has 0 unspecified atom stereocenters. The van der Waals surface area contributed by atoms with Crippen LogP contribution < -0.4 is 0 Å². The van der Waals surface area contributed by atoms with Crippen LogP contribution in [0.1, 0.15) is 71.1 Å². The smallest absolute Gasteiger partial charge is 0.0110 e. The fraction of sp³-hybridized carbons (Fsp3) is 0.944. The summed E-state index contributed by atoms with van der Waals surface area (Å²) >= 11 is 0. The molecule has 1 rings (SSSR count). The summed E-state index contributed by atoms with van der Waals surface area (Å²) in [6, 6.07) is 0. The van der Waals surface area contributed by atoms with Gasteiger partial charge in [-0.05, 0) is 19.5 Å². The third-order valence-electron chi connectivity index (χ3n) is 4.64. The molecule has 1 saturated heterocycles. The maximum absolute atomic E-state index is 3.89. The predicted molar refractivity (Wildman–Crippen MR) is 90.1 cm³/mol. The van der Waals surface area contributed by atoms with Crippen molar-refractivity contribution in [2.75, 3.05) is 39.3 Å². The van der Waals surface area contributed by atoms with Crippen LogP contribution in [0.5, 0.6) is 0 Å².